The van der Waals surface area contributed by atoms with E-state index < -0.39 is 0 Å². The van der Waals surface area contributed by atoms with Crippen molar-refractivity contribution in [1.82, 2.24) is 4.90 Å². The van der Waals surface area contributed by atoms with Crippen LogP contribution in [0, 0.1) is 12.8 Å². The molecule has 0 bridgehead atoms. The number of likely N-dealkylation sites (N-methyl/N-ethyl adjacent to an activating group) is 1. The molecule has 3 aromatic carbocycles. The fourth-order valence-electron chi connectivity index (χ4n) is 4.90. The highest BCUT2D eigenvalue weighted by molar-refractivity contribution is 5.56. The second-order valence-electron chi connectivity index (χ2n) is 10.4. The Hall–Kier alpha value is -3.82. The zero-order chi connectivity index (χ0) is 30.7. The minimum absolute atomic E-state index is 0.408. The van der Waals surface area contributed by atoms with Crippen LogP contribution >= 0.6 is 0 Å². The van der Waals surface area contributed by atoms with Crippen molar-refractivity contribution in [1.29, 1.82) is 0 Å². The van der Waals surface area contributed by atoms with Crippen molar-refractivity contribution in [3.8, 4) is 35.8 Å². The normalized spacial score (nSPS) is 11.7. The first-order chi connectivity index (χ1) is 20.5. The van der Waals surface area contributed by atoms with E-state index in [4.69, 9.17) is 14.2 Å². The molecule has 1 aliphatic rings. The highest BCUT2D eigenvalue weighted by atomic mass is 16.5. The maximum absolute atomic E-state index is 9.19. The lowest BCUT2D eigenvalue weighted by Crippen LogP contribution is -2.25. The summed E-state index contributed by atoms with van der Waals surface area (Å²) >= 11 is 0. The summed E-state index contributed by atoms with van der Waals surface area (Å²) in [5.74, 6) is 2.82. The second-order valence-corrected chi connectivity index (χ2v) is 10.4. The van der Waals surface area contributed by atoms with Crippen LogP contribution in [0.2, 0.25) is 0 Å². The Balaban J connectivity index is 0.000000390. The molecule has 0 atom stereocenters. The first kappa shape index (κ1) is 34.4. The maximum atomic E-state index is 9.19. The molecule has 0 saturated carbocycles. The Morgan fingerprint density at radius 2 is 1.50 bits per heavy atom. The quantitative estimate of drug-likeness (QED) is 0.215. The molecule has 0 aliphatic heterocycles. The fourth-order valence-corrected chi connectivity index (χ4v) is 4.90. The predicted octanol–water partition coefficient (Wildman–Crippen LogP) is 7.36. The molecule has 0 fully saturated rings. The van der Waals surface area contributed by atoms with Crippen LogP contribution in [-0.2, 0) is 19.4 Å². The second kappa shape index (κ2) is 19.3. The van der Waals surface area contributed by atoms with Gasteiger partial charge in [-0.1, -0.05) is 31.5 Å². The number of hydrogen-bond donors (Lipinski definition) is 1. The smallest absolute Gasteiger partial charge is 0.162 e. The number of terminal acetylenes is 1. The number of anilines is 1. The number of aromatic hydroxyl groups is 1. The van der Waals surface area contributed by atoms with Crippen LogP contribution in [0.5, 0.6) is 23.0 Å². The van der Waals surface area contributed by atoms with Gasteiger partial charge < -0.3 is 29.1 Å². The van der Waals surface area contributed by atoms with E-state index in [2.05, 4.69) is 73.9 Å². The molecule has 4 rings (SSSR count). The highest BCUT2D eigenvalue weighted by Gasteiger charge is 2.11. The topological polar surface area (TPSA) is 54.4 Å². The van der Waals surface area contributed by atoms with Gasteiger partial charge in [-0.25, -0.2) is 0 Å². The van der Waals surface area contributed by atoms with Crippen LogP contribution in [0.15, 0.2) is 60.7 Å². The Morgan fingerprint density at radius 1 is 0.810 bits per heavy atom. The molecule has 3 aromatic rings. The Morgan fingerprint density at radius 3 is 2.14 bits per heavy atom. The summed E-state index contributed by atoms with van der Waals surface area (Å²) in [6, 6.07) is 20.2. The van der Waals surface area contributed by atoms with E-state index in [0.29, 0.717) is 12.4 Å². The standard InChI is InChI=1S/C24H36N2O3.C10H12O.C2H2/c1-6-8-15-25(3)16-17-29-22-12-9-20(10-13-22)19-26(7-2)21-11-14-23(27-4)24(18-21)28-5;11-10-6-5-8-3-1-2-4-9(8)7-10;1-2/h9-14,18H,6-8,15-17,19H2,1-5H3;5-7,11H,1-4H2;1-2H. The van der Waals surface area contributed by atoms with Crippen molar-refractivity contribution in [3.63, 3.8) is 0 Å². The van der Waals surface area contributed by atoms with Crippen LogP contribution < -0.4 is 19.1 Å². The van der Waals surface area contributed by atoms with Crippen LogP contribution in [0.25, 0.3) is 0 Å². The number of aryl methyl sites for hydroxylation is 2. The lowest BCUT2D eigenvalue weighted by Gasteiger charge is -2.24. The number of phenols is 1. The summed E-state index contributed by atoms with van der Waals surface area (Å²) in [7, 11) is 5.47. The predicted molar refractivity (Wildman–Crippen MR) is 175 cm³/mol. The number of methoxy groups -OCH3 is 2. The number of nitrogens with zero attached hydrogens (tertiary/aromatic N) is 2. The molecule has 1 N–H and O–H groups in total. The lowest BCUT2D eigenvalue weighted by molar-refractivity contribution is 0.235. The van der Waals surface area contributed by atoms with Gasteiger partial charge in [-0.2, -0.15) is 0 Å². The van der Waals surface area contributed by atoms with E-state index in [0.717, 1.165) is 55.5 Å². The molecule has 0 radical (unpaired) electrons. The molecule has 6 nitrogen and oxygen atoms in total. The molecule has 0 unspecified atom stereocenters. The Bertz CT molecular complexity index is 1190. The number of hydrogen-bond acceptors (Lipinski definition) is 6. The van der Waals surface area contributed by atoms with Crippen molar-refractivity contribution >= 4 is 5.69 Å². The number of benzene rings is 3. The molecule has 0 spiro atoms. The van der Waals surface area contributed by atoms with Gasteiger partial charge in [-0.3, -0.25) is 0 Å². The maximum Gasteiger partial charge on any atom is 0.162 e. The first-order valence-electron chi connectivity index (χ1n) is 15.0. The Labute approximate surface area is 254 Å². The molecular formula is C36H50N2O4. The highest BCUT2D eigenvalue weighted by Crippen LogP contribution is 2.32. The average Bonchev–Trinajstić information content (AvgIpc) is 3.04. The van der Waals surface area contributed by atoms with E-state index in [1.807, 2.05) is 24.3 Å². The molecule has 0 heterocycles. The number of rotatable bonds is 13. The zero-order valence-corrected chi connectivity index (χ0v) is 26.3. The third-order valence-corrected chi connectivity index (χ3v) is 7.38. The number of phenolic OH excluding ortho intramolecular Hbond substituents is 1. The SMILES string of the molecule is C#C.CCCCN(C)CCOc1ccc(CN(CC)c2ccc(OC)c(OC)c2)cc1.Oc1ccc2c(c1)CCCC2. The van der Waals surface area contributed by atoms with E-state index in [-0.39, 0.29) is 0 Å². The fraction of sp³-hybridized carbons (Fsp3) is 0.444. The number of fused-ring (bicyclic) bond motifs is 1. The number of ether oxygens (including phenoxy) is 3. The van der Waals surface area contributed by atoms with Gasteiger partial charge in [0.1, 0.15) is 18.1 Å². The van der Waals surface area contributed by atoms with Crippen molar-refractivity contribution in [3.05, 3.63) is 77.4 Å². The minimum Gasteiger partial charge on any atom is -0.508 e. The molecule has 0 aromatic heterocycles. The molecule has 6 heteroatoms. The molecule has 1 aliphatic carbocycles. The van der Waals surface area contributed by atoms with Crippen LogP contribution in [0.3, 0.4) is 0 Å². The van der Waals surface area contributed by atoms with Gasteiger partial charge in [0.2, 0.25) is 0 Å². The van der Waals surface area contributed by atoms with Crippen LogP contribution in [-0.4, -0.2) is 57.5 Å². The third-order valence-electron chi connectivity index (χ3n) is 7.38. The molecular weight excluding hydrogens is 524 g/mol. The van der Waals surface area contributed by atoms with Gasteiger partial charge in [0.25, 0.3) is 0 Å². The van der Waals surface area contributed by atoms with E-state index in [1.54, 1.807) is 20.3 Å². The lowest BCUT2D eigenvalue weighted by atomic mass is 9.92. The summed E-state index contributed by atoms with van der Waals surface area (Å²) in [4.78, 5) is 4.63. The largest absolute Gasteiger partial charge is 0.508 e. The van der Waals surface area contributed by atoms with Crippen LogP contribution in [0.4, 0.5) is 5.69 Å². The third kappa shape index (κ3) is 11.2. The molecule has 42 heavy (non-hydrogen) atoms. The number of unbranched alkanes of at least 4 members (excludes halogenated alkanes) is 1. The van der Waals surface area contributed by atoms with Crippen molar-refractivity contribution in [2.75, 3.05) is 52.4 Å². The van der Waals surface area contributed by atoms with Crippen molar-refractivity contribution < 1.29 is 19.3 Å². The average molecular weight is 575 g/mol. The Kier molecular flexibility index (Phi) is 15.8. The van der Waals surface area contributed by atoms with Crippen molar-refractivity contribution in [2.45, 2.75) is 58.9 Å². The van der Waals surface area contributed by atoms with E-state index >= 15 is 0 Å². The summed E-state index contributed by atoms with van der Waals surface area (Å²) < 4.78 is 16.7. The van der Waals surface area contributed by atoms with Crippen molar-refractivity contribution in [2.24, 2.45) is 0 Å². The molecule has 0 amide bonds. The molecule has 228 valence electrons. The van der Waals surface area contributed by atoms with E-state index in [9.17, 15) is 5.11 Å². The van der Waals surface area contributed by atoms with Gasteiger partial charge in [0, 0.05) is 31.4 Å². The monoisotopic (exact) mass is 574 g/mol. The zero-order valence-electron chi connectivity index (χ0n) is 26.3. The first-order valence-corrected chi connectivity index (χ1v) is 15.0. The minimum atomic E-state index is 0.408. The van der Waals surface area contributed by atoms with E-state index in [1.165, 1.54) is 48.8 Å². The summed E-state index contributed by atoms with van der Waals surface area (Å²) in [5, 5.41) is 9.19. The van der Waals surface area contributed by atoms with Crippen LogP contribution in [0.1, 0.15) is 56.2 Å². The van der Waals surface area contributed by atoms with Gasteiger partial charge >= 0.3 is 0 Å². The van der Waals surface area contributed by atoms with Gasteiger partial charge in [-0.05, 0) is 106 Å². The summed E-state index contributed by atoms with van der Waals surface area (Å²) in [5.41, 5.74) is 5.12. The summed E-state index contributed by atoms with van der Waals surface area (Å²) in [6.07, 6.45) is 15.4. The molecule has 0 saturated heterocycles. The summed E-state index contributed by atoms with van der Waals surface area (Å²) in [6.45, 7) is 8.89. The van der Waals surface area contributed by atoms with Gasteiger partial charge in [0.05, 0.1) is 14.2 Å². The van der Waals surface area contributed by atoms with Gasteiger partial charge in [-0.15, -0.1) is 12.8 Å². The van der Waals surface area contributed by atoms with Gasteiger partial charge in [0.15, 0.2) is 11.5 Å².